The molecule has 3 saturated heterocycles. The number of aliphatic hydroxyl groups is 1. The van der Waals surface area contributed by atoms with E-state index < -0.39 is 34.8 Å². The Balaban J connectivity index is 1.36. The van der Waals surface area contributed by atoms with Gasteiger partial charge in [0.2, 0.25) is 0 Å². The minimum Gasteiger partial charge on any atom is -0.508 e. The maximum Gasteiger partial charge on any atom is 0.319 e. The molecule has 3 atom stereocenters. The van der Waals surface area contributed by atoms with Crippen LogP contribution >= 0.6 is 0 Å². The average Bonchev–Trinajstić information content (AvgIpc) is 3.52. The second-order valence-corrected chi connectivity index (χ2v) is 13.4. The van der Waals surface area contributed by atoms with Crippen LogP contribution in [0.3, 0.4) is 0 Å². The number of alkyl halides is 1. The summed E-state index contributed by atoms with van der Waals surface area (Å²) in [6, 6.07) is 6.47. The molecule has 7 rings (SSSR count). The number of anilines is 1. The lowest BCUT2D eigenvalue weighted by Gasteiger charge is -2.38. The Kier molecular flexibility index (Phi) is 7.75. The van der Waals surface area contributed by atoms with Gasteiger partial charge in [0.1, 0.15) is 34.9 Å². The van der Waals surface area contributed by atoms with E-state index in [9.17, 15) is 19.0 Å². The van der Waals surface area contributed by atoms with Crippen molar-refractivity contribution in [1.82, 2.24) is 14.9 Å². The number of aromatic hydroxyl groups is 1. The van der Waals surface area contributed by atoms with Crippen LogP contribution in [-0.4, -0.2) is 75.2 Å². The Morgan fingerprint density at radius 3 is 2.63 bits per heavy atom. The van der Waals surface area contributed by atoms with E-state index in [0.717, 1.165) is 25.5 Å². The first-order chi connectivity index (χ1) is 22.0. The van der Waals surface area contributed by atoms with Crippen LogP contribution in [0, 0.1) is 17.5 Å². The normalized spacial score (nSPS) is 25.1. The molecule has 2 N–H and O–H groups in total. The van der Waals surface area contributed by atoms with Gasteiger partial charge >= 0.3 is 6.01 Å². The number of hydrogen-bond donors (Lipinski definition) is 2. The lowest BCUT2D eigenvalue weighted by Crippen LogP contribution is -2.46. The summed E-state index contributed by atoms with van der Waals surface area (Å²) in [5.74, 6) is -2.42. The number of phenols is 1. The van der Waals surface area contributed by atoms with Crippen molar-refractivity contribution in [2.24, 2.45) is 0 Å². The predicted molar refractivity (Wildman–Crippen MR) is 169 cm³/mol. The summed E-state index contributed by atoms with van der Waals surface area (Å²) in [7, 11) is 0. The third-order valence-electron chi connectivity index (χ3n) is 10.2. The molecular formula is C35H38F4N4O3. The molecule has 7 nitrogen and oxygen atoms in total. The lowest BCUT2D eigenvalue weighted by atomic mass is 9.90. The van der Waals surface area contributed by atoms with E-state index in [1.54, 1.807) is 18.7 Å². The molecule has 3 aliphatic rings. The molecule has 0 aliphatic carbocycles. The van der Waals surface area contributed by atoms with Gasteiger partial charge in [0, 0.05) is 37.0 Å². The molecule has 0 saturated carbocycles. The molecule has 11 heteroatoms. The smallest absolute Gasteiger partial charge is 0.319 e. The molecule has 0 spiro atoms. The molecule has 0 amide bonds. The van der Waals surface area contributed by atoms with Crippen LogP contribution in [0.15, 0.2) is 30.3 Å². The molecular weight excluding hydrogens is 600 g/mol. The summed E-state index contributed by atoms with van der Waals surface area (Å²) in [5.41, 5.74) is -1.68. The van der Waals surface area contributed by atoms with Gasteiger partial charge in [0.05, 0.1) is 17.8 Å². The van der Waals surface area contributed by atoms with Gasteiger partial charge in [-0.15, -0.1) is 0 Å². The Morgan fingerprint density at radius 2 is 1.85 bits per heavy atom. The number of piperidine rings is 1. The molecule has 0 unspecified atom stereocenters. The lowest BCUT2D eigenvalue weighted by molar-refractivity contribution is 0.0447. The number of benzene rings is 3. The van der Waals surface area contributed by atoms with E-state index in [1.165, 1.54) is 24.3 Å². The third-order valence-corrected chi connectivity index (χ3v) is 10.2. The maximum absolute atomic E-state index is 16.8. The molecule has 1 aromatic heterocycles. The summed E-state index contributed by atoms with van der Waals surface area (Å²) in [6.07, 6.45) is 3.45. The number of phenolic OH excluding ortho intramolecular Hbond substituents is 1. The van der Waals surface area contributed by atoms with E-state index in [-0.39, 0.29) is 64.7 Å². The van der Waals surface area contributed by atoms with Crippen molar-refractivity contribution in [1.29, 1.82) is 0 Å². The highest BCUT2D eigenvalue weighted by atomic mass is 19.1. The van der Waals surface area contributed by atoms with Crippen LogP contribution in [0.25, 0.3) is 32.8 Å². The van der Waals surface area contributed by atoms with Crippen LogP contribution in [0.1, 0.15) is 57.9 Å². The second kappa shape index (κ2) is 11.5. The first-order valence-electron chi connectivity index (χ1n) is 16.1. The molecule has 46 heavy (non-hydrogen) atoms. The van der Waals surface area contributed by atoms with Crippen LogP contribution in [0.2, 0.25) is 0 Å². The van der Waals surface area contributed by atoms with Gasteiger partial charge in [0.25, 0.3) is 0 Å². The highest BCUT2D eigenvalue weighted by Crippen LogP contribution is 2.44. The van der Waals surface area contributed by atoms with Crippen LogP contribution in [0.4, 0.5) is 23.4 Å². The highest BCUT2D eigenvalue weighted by molar-refractivity contribution is 6.03. The molecule has 244 valence electrons. The molecule has 3 aliphatic heterocycles. The van der Waals surface area contributed by atoms with Crippen molar-refractivity contribution in [3.63, 3.8) is 0 Å². The third kappa shape index (κ3) is 5.31. The van der Waals surface area contributed by atoms with E-state index in [1.807, 2.05) is 0 Å². The number of rotatable bonds is 7. The SMILES string of the molecule is CCc1c(F)ccc2cc(O)cc(-c3c(F)cc4c(N5CCC[C@@](C)(O)C5)nc(OCC[C@@]56CCCN5C[C@H](F)C6)nc4c3F)c12. The first-order valence-corrected chi connectivity index (χ1v) is 16.1. The van der Waals surface area contributed by atoms with Crippen LogP contribution in [0.5, 0.6) is 11.8 Å². The van der Waals surface area contributed by atoms with Crippen molar-refractivity contribution in [2.45, 2.75) is 76.1 Å². The number of fused-ring (bicyclic) bond motifs is 3. The second-order valence-electron chi connectivity index (χ2n) is 13.4. The molecule has 4 heterocycles. The van der Waals surface area contributed by atoms with Gasteiger partial charge in [-0.05, 0) is 98.2 Å². The maximum atomic E-state index is 16.8. The minimum atomic E-state index is -1.04. The Labute approximate surface area is 264 Å². The number of ether oxygens (including phenoxy) is 1. The summed E-state index contributed by atoms with van der Waals surface area (Å²) in [5, 5.41) is 22.2. The summed E-state index contributed by atoms with van der Waals surface area (Å²) < 4.78 is 68.3. The van der Waals surface area contributed by atoms with Gasteiger partial charge in [-0.25, -0.2) is 17.6 Å². The van der Waals surface area contributed by atoms with Gasteiger partial charge in [-0.1, -0.05) is 13.0 Å². The Bertz CT molecular complexity index is 1840. The molecule has 4 aromatic rings. The zero-order valence-electron chi connectivity index (χ0n) is 26.1. The zero-order chi connectivity index (χ0) is 32.4. The molecule has 3 aromatic carbocycles. The van der Waals surface area contributed by atoms with Gasteiger partial charge < -0.3 is 19.8 Å². The average molecular weight is 639 g/mol. The van der Waals surface area contributed by atoms with E-state index in [0.29, 0.717) is 49.5 Å². The largest absolute Gasteiger partial charge is 0.508 e. The number of aromatic nitrogens is 2. The van der Waals surface area contributed by atoms with Crippen molar-refractivity contribution >= 4 is 27.5 Å². The van der Waals surface area contributed by atoms with Gasteiger partial charge in [-0.3, -0.25) is 4.90 Å². The summed E-state index contributed by atoms with van der Waals surface area (Å²) >= 11 is 0. The van der Waals surface area contributed by atoms with Crippen molar-refractivity contribution < 1.29 is 32.5 Å². The van der Waals surface area contributed by atoms with Crippen molar-refractivity contribution in [2.75, 3.05) is 37.7 Å². The fourth-order valence-electron chi connectivity index (χ4n) is 8.10. The number of aryl methyl sites for hydroxylation is 1. The number of hydrogen-bond acceptors (Lipinski definition) is 7. The number of halogens is 4. The van der Waals surface area contributed by atoms with E-state index >= 15 is 8.78 Å². The zero-order valence-corrected chi connectivity index (χ0v) is 26.1. The fourth-order valence-corrected chi connectivity index (χ4v) is 8.10. The predicted octanol–water partition coefficient (Wildman–Crippen LogP) is 6.83. The van der Waals surface area contributed by atoms with E-state index in [2.05, 4.69) is 14.9 Å². The summed E-state index contributed by atoms with van der Waals surface area (Å²) in [4.78, 5) is 13.0. The molecule has 0 radical (unpaired) electrons. The molecule has 0 bridgehead atoms. The first kappa shape index (κ1) is 30.9. The van der Waals surface area contributed by atoms with Crippen molar-refractivity contribution in [3.8, 4) is 22.9 Å². The Morgan fingerprint density at radius 1 is 1.04 bits per heavy atom. The summed E-state index contributed by atoms with van der Waals surface area (Å²) in [6.45, 7) is 5.59. The topological polar surface area (TPSA) is 82.0 Å². The Hall–Kier alpha value is -3.70. The van der Waals surface area contributed by atoms with Gasteiger partial charge in [0.15, 0.2) is 5.82 Å². The van der Waals surface area contributed by atoms with Crippen molar-refractivity contribution in [3.05, 3.63) is 53.3 Å². The molecule has 3 fully saturated rings. The quantitative estimate of drug-likeness (QED) is 0.215. The van der Waals surface area contributed by atoms with E-state index in [4.69, 9.17) is 4.74 Å². The fraction of sp³-hybridized carbons (Fsp3) is 0.486. The van der Waals surface area contributed by atoms with Crippen LogP contribution < -0.4 is 9.64 Å². The monoisotopic (exact) mass is 638 g/mol. The number of nitrogens with zero attached hydrogens (tertiary/aromatic N) is 4. The minimum absolute atomic E-state index is 0.00854. The van der Waals surface area contributed by atoms with Gasteiger partial charge in [-0.2, -0.15) is 9.97 Å². The highest BCUT2D eigenvalue weighted by Gasteiger charge is 2.48. The standard InChI is InChI=1S/C35H38F4N4O3/c1-3-23-26(37)7-6-20-14-22(44)15-24(28(20)23)29-27(38)16-25-31(30(29)39)40-33(41-32(25)42-11-4-8-34(2,45)19-42)46-13-10-35-9-5-12-43(35)18-21(36)17-35/h6-7,14-16,21,44-45H,3-5,8-13,17-19H2,1-2H3/t21-,34-,35-/m1/s1. The number of β-amino-alcohol motifs (C(OH)–C–C–N with tert-alkyl or cyclic N) is 1. The van der Waals surface area contributed by atoms with Crippen LogP contribution in [-0.2, 0) is 6.42 Å².